The highest BCUT2D eigenvalue weighted by Gasteiger charge is 2.36. The summed E-state index contributed by atoms with van der Waals surface area (Å²) in [5, 5.41) is 8.06. The number of carboxylic acid groups (broad SMARTS) is 1. The third kappa shape index (κ3) is 3.48. The second-order valence-electron chi connectivity index (χ2n) is 4.45. The Morgan fingerprint density at radius 2 is 2.26 bits per heavy atom. The van der Waals surface area contributed by atoms with Crippen molar-refractivity contribution in [3.63, 3.8) is 0 Å². The first kappa shape index (κ1) is 13.9. The van der Waals surface area contributed by atoms with Gasteiger partial charge >= 0.3 is 5.97 Å². The fourth-order valence-electron chi connectivity index (χ4n) is 1.82. The number of sulfonamides is 1. The summed E-state index contributed by atoms with van der Waals surface area (Å²) in [6.07, 6.45) is 2.38. The van der Waals surface area contributed by atoms with Gasteiger partial charge in [-0.3, -0.25) is 4.79 Å². The molecule has 0 spiro atoms. The third-order valence-corrected chi connectivity index (χ3v) is 4.29. The van der Waals surface area contributed by atoms with Crippen LogP contribution < -0.4 is 4.72 Å². The van der Waals surface area contributed by atoms with Crippen molar-refractivity contribution in [3.05, 3.63) is 24.1 Å². The molecule has 0 aliphatic heterocycles. The fourth-order valence-corrected chi connectivity index (χ4v) is 3.13. The van der Waals surface area contributed by atoms with Crippen LogP contribution in [0.4, 0.5) is 4.39 Å². The van der Waals surface area contributed by atoms with Gasteiger partial charge in [0.1, 0.15) is 0 Å². The van der Waals surface area contributed by atoms with Crippen molar-refractivity contribution in [2.75, 3.05) is 0 Å². The Kier molecular flexibility index (Phi) is 3.81. The van der Waals surface area contributed by atoms with E-state index in [4.69, 9.17) is 5.11 Å². The zero-order valence-corrected chi connectivity index (χ0v) is 10.7. The van der Waals surface area contributed by atoms with E-state index in [2.05, 4.69) is 9.71 Å². The molecule has 1 unspecified atom stereocenters. The van der Waals surface area contributed by atoms with Gasteiger partial charge in [0.15, 0.2) is 5.82 Å². The van der Waals surface area contributed by atoms with Crippen LogP contribution >= 0.6 is 0 Å². The molecule has 0 amide bonds. The minimum atomic E-state index is -4.14. The molecule has 2 N–H and O–H groups in total. The molecule has 1 aliphatic carbocycles. The van der Waals surface area contributed by atoms with Gasteiger partial charge in [-0.15, -0.1) is 0 Å². The van der Waals surface area contributed by atoms with Gasteiger partial charge < -0.3 is 5.11 Å². The predicted molar refractivity (Wildman–Crippen MR) is 63.3 cm³/mol. The lowest BCUT2D eigenvalue weighted by Crippen LogP contribution is -2.38. The van der Waals surface area contributed by atoms with E-state index >= 15 is 0 Å². The molecular formula is C11H13FN2O4S. The molecular weight excluding hydrogens is 275 g/mol. The summed E-state index contributed by atoms with van der Waals surface area (Å²) >= 11 is 0. The Morgan fingerprint density at radius 1 is 1.58 bits per heavy atom. The van der Waals surface area contributed by atoms with Crippen molar-refractivity contribution in [2.45, 2.75) is 30.3 Å². The number of aromatic nitrogens is 1. The van der Waals surface area contributed by atoms with E-state index in [1.54, 1.807) is 0 Å². The second-order valence-corrected chi connectivity index (χ2v) is 6.08. The standard InChI is InChI=1S/C11H13FN2O4S/c12-8-2-1-5-13-11(8)19(17,18)14-9(6-10(15)16)7-3-4-7/h1-2,5,7,9,14H,3-4,6H2,(H,15,16). The largest absolute Gasteiger partial charge is 0.481 e. The van der Waals surface area contributed by atoms with E-state index in [0.717, 1.165) is 18.9 Å². The Bertz CT molecular complexity index is 586. The molecule has 1 aromatic heterocycles. The number of hydrogen-bond donors (Lipinski definition) is 2. The van der Waals surface area contributed by atoms with Crippen LogP contribution in [0.5, 0.6) is 0 Å². The van der Waals surface area contributed by atoms with Crippen LogP contribution in [-0.4, -0.2) is 30.5 Å². The van der Waals surface area contributed by atoms with Crippen molar-refractivity contribution in [1.82, 2.24) is 9.71 Å². The molecule has 0 saturated heterocycles. The van der Waals surface area contributed by atoms with Crippen LogP contribution in [0.3, 0.4) is 0 Å². The van der Waals surface area contributed by atoms with Gasteiger partial charge in [0.05, 0.1) is 6.42 Å². The van der Waals surface area contributed by atoms with Gasteiger partial charge in [-0.25, -0.2) is 22.5 Å². The summed E-state index contributed by atoms with van der Waals surface area (Å²) < 4.78 is 39.6. The van der Waals surface area contributed by atoms with E-state index in [0.29, 0.717) is 0 Å². The average Bonchev–Trinajstić information content (AvgIpc) is 3.11. The van der Waals surface area contributed by atoms with Crippen molar-refractivity contribution in [1.29, 1.82) is 0 Å². The lowest BCUT2D eigenvalue weighted by molar-refractivity contribution is -0.137. The van der Waals surface area contributed by atoms with Crippen LogP contribution in [0.25, 0.3) is 0 Å². The molecule has 8 heteroatoms. The third-order valence-electron chi connectivity index (χ3n) is 2.87. The van der Waals surface area contributed by atoms with E-state index in [-0.39, 0.29) is 12.3 Å². The molecule has 19 heavy (non-hydrogen) atoms. The van der Waals surface area contributed by atoms with Gasteiger partial charge in [-0.1, -0.05) is 0 Å². The zero-order valence-electron chi connectivity index (χ0n) is 9.91. The molecule has 1 saturated carbocycles. The maximum atomic E-state index is 13.4. The molecule has 2 rings (SSSR count). The smallest absolute Gasteiger partial charge is 0.304 e. The molecule has 0 aromatic carbocycles. The monoisotopic (exact) mass is 288 g/mol. The van der Waals surface area contributed by atoms with Gasteiger partial charge in [0.2, 0.25) is 5.03 Å². The van der Waals surface area contributed by atoms with Gasteiger partial charge in [-0.05, 0) is 30.9 Å². The van der Waals surface area contributed by atoms with Crippen LogP contribution in [0, 0.1) is 11.7 Å². The van der Waals surface area contributed by atoms with Crippen molar-refractivity contribution >= 4 is 16.0 Å². The molecule has 0 bridgehead atoms. The van der Waals surface area contributed by atoms with Crippen molar-refractivity contribution < 1.29 is 22.7 Å². The van der Waals surface area contributed by atoms with Crippen molar-refractivity contribution in [2.24, 2.45) is 5.92 Å². The summed E-state index contributed by atoms with van der Waals surface area (Å²) in [5.74, 6) is -2.06. The molecule has 6 nitrogen and oxygen atoms in total. The number of nitrogens with zero attached hydrogens (tertiary/aromatic N) is 1. The van der Waals surface area contributed by atoms with Gasteiger partial charge in [0.25, 0.3) is 10.0 Å². The Morgan fingerprint density at radius 3 is 2.79 bits per heavy atom. The first-order valence-corrected chi connectivity index (χ1v) is 7.23. The highest BCUT2D eigenvalue weighted by Crippen LogP contribution is 2.34. The van der Waals surface area contributed by atoms with E-state index in [1.165, 1.54) is 12.3 Å². The predicted octanol–water partition coefficient (Wildman–Crippen LogP) is 0.752. The molecule has 1 atom stereocenters. The molecule has 104 valence electrons. The van der Waals surface area contributed by atoms with E-state index < -0.39 is 32.9 Å². The van der Waals surface area contributed by atoms with Crippen molar-refractivity contribution in [3.8, 4) is 0 Å². The quantitative estimate of drug-likeness (QED) is 0.805. The fraction of sp³-hybridized carbons (Fsp3) is 0.455. The first-order chi connectivity index (χ1) is 8.90. The summed E-state index contributed by atoms with van der Waals surface area (Å²) in [6, 6.07) is 1.55. The van der Waals surface area contributed by atoms with E-state index in [9.17, 15) is 17.6 Å². The molecule has 1 aliphatic rings. The summed E-state index contributed by atoms with van der Waals surface area (Å²) in [5.41, 5.74) is 0. The zero-order chi connectivity index (χ0) is 14.0. The van der Waals surface area contributed by atoms with Gasteiger partial charge in [0, 0.05) is 12.2 Å². The molecule has 1 fully saturated rings. The molecule has 1 aromatic rings. The summed E-state index contributed by atoms with van der Waals surface area (Å²) in [4.78, 5) is 14.2. The molecule has 1 heterocycles. The number of halogens is 1. The maximum absolute atomic E-state index is 13.4. The van der Waals surface area contributed by atoms with Crippen LogP contribution in [0.15, 0.2) is 23.4 Å². The average molecular weight is 288 g/mol. The Balaban J connectivity index is 2.20. The summed E-state index contributed by atoms with van der Waals surface area (Å²) in [6.45, 7) is 0. The number of pyridine rings is 1. The number of carbonyl (C=O) groups is 1. The minimum Gasteiger partial charge on any atom is -0.481 e. The maximum Gasteiger partial charge on any atom is 0.304 e. The lowest BCUT2D eigenvalue weighted by atomic mass is 10.1. The van der Waals surface area contributed by atoms with Crippen LogP contribution in [0.2, 0.25) is 0 Å². The first-order valence-electron chi connectivity index (χ1n) is 5.75. The number of carboxylic acids is 1. The van der Waals surface area contributed by atoms with Crippen LogP contribution in [0.1, 0.15) is 19.3 Å². The number of rotatable bonds is 6. The second kappa shape index (κ2) is 5.22. The summed E-state index contributed by atoms with van der Waals surface area (Å²) in [7, 11) is -4.14. The lowest BCUT2D eigenvalue weighted by Gasteiger charge is -2.16. The number of hydrogen-bond acceptors (Lipinski definition) is 4. The highest BCUT2D eigenvalue weighted by molar-refractivity contribution is 7.89. The van der Waals surface area contributed by atoms with E-state index in [1.807, 2.05) is 0 Å². The van der Waals surface area contributed by atoms with Crippen LogP contribution in [-0.2, 0) is 14.8 Å². The van der Waals surface area contributed by atoms with Gasteiger partial charge in [-0.2, -0.15) is 0 Å². The number of aliphatic carboxylic acids is 1. The molecule has 0 radical (unpaired) electrons. The SMILES string of the molecule is O=C(O)CC(NS(=O)(=O)c1ncccc1F)C1CC1. The highest BCUT2D eigenvalue weighted by atomic mass is 32.2. The Hall–Kier alpha value is -1.54. The minimum absolute atomic E-state index is 0.00218. The normalized spacial score (nSPS) is 17.1. The number of nitrogens with one attached hydrogen (secondary N) is 1. The topological polar surface area (TPSA) is 96.4 Å². The Labute approximate surface area is 109 Å².